The molecular weight excluding hydrogens is 352 g/mol. The van der Waals surface area contributed by atoms with Gasteiger partial charge in [-0.2, -0.15) is 0 Å². The van der Waals surface area contributed by atoms with Crippen molar-refractivity contribution < 1.29 is 9.59 Å². The Labute approximate surface area is 164 Å². The first-order valence-electron chi connectivity index (χ1n) is 9.67. The first kappa shape index (κ1) is 18.2. The van der Waals surface area contributed by atoms with Crippen LogP contribution < -0.4 is 5.32 Å². The van der Waals surface area contributed by atoms with Gasteiger partial charge in [0.2, 0.25) is 5.91 Å². The molecule has 28 heavy (non-hydrogen) atoms. The van der Waals surface area contributed by atoms with Crippen LogP contribution in [0.15, 0.2) is 48.5 Å². The molecule has 144 valence electrons. The summed E-state index contributed by atoms with van der Waals surface area (Å²) >= 11 is 0. The Kier molecular flexibility index (Phi) is 5.10. The van der Waals surface area contributed by atoms with E-state index in [1.807, 2.05) is 36.1 Å². The van der Waals surface area contributed by atoms with E-state index in [1.165, 1.54) is 5.56 Å². The smallest absolute Gasteiger partial charge is 0.251 e. The van der Waals surface area contributed by atoms with E-state index >= 15 is 0 Å². The van der Waals surface area contributed by atoms with Crippen molar-refractivity contribution in [2.24, 2.45) is 0 Å². The second kappa shape index (κ2) is 7.84. The summed E-state index contributed by atoms with van der Waals surface area (Å²) in [7, 11) is 0. The molecule has 0 radical (unpaired) electrons. The lowest BCUT2D eigenvalue weighted by molar-refractivity contribution is -0.127. The molecule has 2 amide bonds. The molecule has 1 unspecified atom stereocenters. The highest BCUT2D eigenvalue weighted by Gasteiger charge is 2.30. The van der Waals surface area contributed by atoms with E-state index in [-0.39, 0.29) is 17.9 Å². The Hall–Kier alpha value is -3.15. The van der Waals surface area contributed by atoms with Crippen molar-refractivity contribution in [3.8, 4) is 0 Å². The fraction of sp³-hybridized carbons (Fsp3) is 0.318. The van der Waals surface area contributed by atoms with Crippen LogP contribution in [0.3, 0.4) is 0 Å². The molecule has 3 aromatic rings. The molecule has 2 N–H and O–H groups in total. The average Bonchev–Trinajstić information content (AvgIpc) is 3.23. The number of imidazole rings is 1. The zero-order valence-corrected chi connectivity index (χ0v) is 15.9. The topological polar surface area (TPSA) is 78.1 Å². The van der Waals surface area contributed by atoms with Crippen LogP contribution in [0.4, 0.5) is 0 Å². The van der Waals surface area contributed by atoms with Crippen molar-refractivity contribution in [2.75, 3.05) is 13.1 Å². The van der Waals surface area contributed by atoms with Crippen LogP contribution in [0, 0.1) is 6.92 Å². The van der Waals surface area contributed by atoms with Crippen LogP contribution in [0.25, 0.3) is 11.0 Å². The molecule has 1 aliphatic heterocycles. The molecule has 1 aliphatic rings. The summed E-state index contributed by atoms with van der Waals surface area (Å²) in [5, 5.41) is 3.00. The van der Waals surface area contributed by atoms with Gasteiger partial charge in [0.05, 0.1) is 17.1 Å². The number of hydrogen-bond donors (Lipinski definition) is 2. The number of fused-ring (bicyclic) bond motifs is 1. The molecule has 4 rings (SSSR count). The molecule has 0 aliphatic carbocycles. The lowest BCUT2D eigenvalue weighted by atomic mass is 10.1. The monoisotopic (exact) mass is 376 g/mol. The maximum absolute atomic E-state index is 12.6. The summed E-state index contributed by atoms with van der Waals surface area (Å²) in [6.45, 7) is 3.18. The Bertz CT molecular complexity index is 996. The minimum Gasteiger partial charge on any atom is -0.347 e. The van der Waals surface area contributed by atoms with Gasteiger partial charge in [0.15, 0.2) is 0 Å². The average molecular weight is 376 g/mol. The van der Waals surface area contributed by atoms with Gasteiger partial charge in [-0.3, -0.25) is 9.59 Å². The second-order valence-electron chi connectivity index (χ2n) is 7.36. The minimum absolute atomic E-state index is 0.109. The summed E-state index contributed by atoms with van der Waals surface area (Å²) in [4.78, 5) is 34.2. The summed E-state index contributed by atoms with van der Waals surface area (Å²) in [6.07, 6.45) is 2.24. The molecule has 0 saturated carbocycles. The van der Waals surface area contributed by atoms with Gasteiger partial charge in [-0.25, -0.2) is 4.98 Å². The van der Waals surface area contributed by atoms with Crippen molar-refractivity contribution in [3.63, 3.8) is 0 Å². The van der Waals surface area contributed by atoms with E-state index in [0.29, 0.717) is 18.5 Å². The van der Waals surface area contributed by atoms with Crippen LogP contribution in [-0.2, 0) is 11.2 Å². The van der Waals surface area contributed by atoms with Gasteiger partial charge in [-0.1, -0.05) is 30.3 Å². The fourth-order valence-corrected chi connectivity index (χ4v) is 3.75. The van der Waals surface area contributed by atoms with Crippen LogP contribution in [0.5, 0.6) is 0 Å². The minimum atomic E-state index is -0.155. The normalized spacial score (nSPS) is 16.7. The number of hydrogen-bond acceptors (Lipinski definition) is 3. The molecule has 2 heterocycles. The predicted octanol–water partition coefficient (Wildman–Crippen LogP) is 2.83. The Morgan fingerprint density at radius 2 is 2.07 bits per heavy atom. The van der Waals surface area contributed by atoms with Gasteiger partial charge >= 0.3 is 0 Å². The van der Waals surface area contributed by atoms with E-state index in [1.54, 1.807) is 12.1 Å². The summed E-state index contributed by atoms with van der Waals surface area (Å²) in [6, 6.07) is 15.5. The van der Waals surface area contributed by atoms with Gasteiger partial charge in [-0.15, -0.1) is 0 Å². The Morgan fingerprint density at radius 3 is 2.89 bits per heavy atom. The van der Waals surface area contributed by atoms with Crippen LogP contribution in [0.2, 0.25) is 0 Å². The number of H-pyrrole nitrogens is 1. The molecule has 6 heteroatoms. The number of carbonyl (C=O) groups is 2. The highest BCUT2D eigenvalue weighted by atomic mass is 16.2. The zero-order chi connectivity index (χ0) is 19.5. The molecule has 2 aromatic carbocycles. The van der Waals surface area contributed by atoms with Crippen molar-refractivity contribution >= 4 is 22.8 Å². The van der Waals surface area contributed by atoms with Crippen molar-refractivity contribution in [1.29, 1.82) is 0 Å². The molecule has 1 fully saturated rings. The number of nitrogens with zero attached hydrogens (tertiary/aromatic N) is 2. The third kappa shape index (κ3) is 4.06. The van der Waals surface area contributed by atoms with Crippen LogP contribution in [0.1, 0.15) is 34.6 Å². The van der Waals surface area contributed by atoms with Crippen molar-refractivity contribution in [3.05, 3.63) is 65.5 Å². The Morgan fingerprint density at radius 1 is 1.25 bits per heavy atom. The lowest BCUT2D eigenvalue weighted by Gasteiger charge is -2.17. The number of nitrogens with one attached hydrogen (secondary N) is 2. The summed E-state index contributed by atoms with van der Waals surface area (Å²) < 4.78 is 0. The van der Waals surface area contributed by atoms with Crippen molar-refractivity contribution in [2.45, 2.75) is 32.2 Å². The predicted molar refractivity (Wildman–Crippen MR) is 108 cm³/mol. The van der Waals surface area contributed by atoms with Gasteiger partial charge in [0.25, 0.3) is 5.91 Å². The van der Waals surface area contributed by atoms with Gasteiger partial charge in [0, 0.05) is 25.1 Å². The molecule has 1 atom stereocenters. The first-order chi connectivity index (χ1) is 13.6. The molecule has 1 aromatic heterocycles. The van der Waals surface area contributed by atoms with Gasteiger partial charge < -0.3 is 15.2 Å². The van der Waals surface area contributed by atoms with E-state index in [0.717, 1.165) is 36.2 Å². The fourth-order valence-electron chi connectivity index (χ4n) is 3.75. The van der Waals surface area contributed by atoms with E-state index in [2.05, 4.69) is 27.4 Å². The molecule has 6 nitrogen and oxygen atoms in total. The van der Waals surface area contributed by atoms with E-state index in [9.17, 15) is 9.59 Å². The summed E-state index contributed by atoms with van der Waals surface area (Å²) in [5.74, 6) is 0.774. The number of rotatable bonds is 6. The number of carbonyl (C=O) groups excluding carboxylic acids is 2. The molecule has 0 spiro atoms. The Balaban J connectivity index is 1.31. The summed E-state index contributed by atoms with van der Waals surface area (Å²) in [5.41, 5.74) is 3.54. The van der Waals surface area contributed by atoms with Gasteiger partial charge in [-0.05, 0) is 43.5 Å². The maximum Gasteiger partial charge on any atom is 0.251 e. The van der Waals surface area contributed by atoms with Crippen LogP contribution in [-0.4, -0.2) is 45.8 Å². The van der Waals surface area contributed by atoms with E-state index in [4.69, 9.17) is 0 Å². The number of aromatic nitrogens is 2. The molecule has 0 bridgehead atoms. The maximum atomic E-state index is 12.6. The number of aryl methyl sites for hydroxylation is 2. The number of benzene rings is 2. The zero-order valence-electron chi connectivity index (χ0n) is 15.9. The van der Waals surface area contributed by atoms with E-state index < -0.39 is 0 Å². The quantitative estimate of drug-likeness (QED) is 0.694. The highest BCUT2D eigenvalue weighted by Crippen LogP contribution is 2.16. The first-order valence-corrected chi connectivity index (χ1v) is 9.67. The van der Waals surface area contributed by atoms with Gasteiger partial charge in [0.1, 0.15) is 5.82 Å². The lowest BCUT2D eigenvalue weighted by Crippen LogP contribution is -2.37. The van der Waals surface area contributed by atoms with Crippen molar-refractivity contribution in [1.82, 2.24) is 20.2 Å². The standard InChI is InChI=1S/C22H24N4O2/c1-15-23-19-10-9-17(12-20(19)24-15)22(28)25-18-13-21(27)26(14-18)11-5-8-16-6-3-2-4-7-16/h2-4,6-7,9-10,12,18H,5,8,11,13-14H2,1H3,(H,23,24)(H,25,28). The largest absolute Gasteiger partial charge is 0.347 e. The number of amides is 2. The second-order valence-corrected chi connectivity index (χ2v) is 7.36. The molecular formula is C22H24N4O2. The number of aromatic amines is 1. The van der Waals surface area contributed by atoms with Crippen LogP contribution >= 0.6 is 0 Å². The third-order valence-electron chi connectivity index (χ3n) is 5.15. The third-order valence-corrected chi connectivity index (χ3v) is 5.15. The number of likely N-dealkylation sites (tertiary alicyclic amines) is 1. The highest BCUT2D eigenvalue weighted by molar-refractivity contribution is 5.98. The SMILES string of the molecule is Cc1nc2ccc(C(=O)NC3CC(=O)N(CCCc4ccccc4)C3)cc2[nH]1. The molecule has 1 saturated heterocycles.